The second-order valence-corrected chi connectivity index (χ2v) is 8.26. The van der Waals surface area contributed by atoms with Gasteiger partial charge in [0.15, 0.2) is 11.6 Å². The van der Waals surface area contributed by atoms with Gasteiger partial charge in [0.2, 0.25) is 0 Å². The van der Waals surface area contributed by atoms with E-state index >= 15 is 0 Å². The topological polar surface area (TPSA) is 79.9 Å². The van der Waals surface area contributed by atoms with Crippen molar-refractivity contribution in [1.82, 2.24) is 9.55 Å². The summed E-state index contributed by atoms with van der Waals surface area (Å²) in [5.41, 5.74) is 0.943. The Labute approximate surface area is 177 Å². The van der Waals surface area contributed by atoms with Crippen LogP contribution in [0.1, 0.15) is 38.2 Å². The van der Waals surface area contributed by atoms with Crippen LogP contribution < -0.4 is 15.0 Å². The highest BCUT2D eigenvalue weighted by atomic mass is 32.2. The summed E-state index contributed by atoms with van der Waals surface area (Å²) in [5.74, 6) is -0.528. The SMILES string of the molecule is CCn1cnc2ccc(Oc3c(F)ccc(NSC4CCCC4)c3C#N)cc2c1=O. The van der Waals surface area contributed by atoms with Gasteiger partial charge < -0.3 is 9.46 Å². The van der Waals surface area contributed by atoms with Crippen LogP contribution in [0.3, 0.4) is 0 Å². The first-order valence-electron chi connectivity index (χ1n) is 9.92. The zero-order chi connectivity index (χ0) is 21.1. The molecule has 8 heteroatoms. The monoisotopic (exact) mass is 424 g/mol. The lowest BCUT2D eigenvalue weighted by atomic mass is 10.1. The molecule has 30 heavy (non-hydrogen) atoms. The summed E-state index contributed by atoms with van der Waals surface area (Å²) in [6.45, 7) is 2.35. The molecule has 0 aliphatic heterocycles. The minimum Gasteiger partial charge on any atom is -0.453 e. The van der Waals surface area contributed by atoms with Gasteiger partial charge in [0.25, 0.3) is 5.56 Å². The number of nitriles is 1. The lowest BCUT2D eigenvalue weighted by Gasteiger charge is -2.15. The number of nitrogens with one attached hydrogen (secondary N) is 1. The second-order valence-electron chi connectivity index (χ2n) is 7.15. The van der Waals surface area contributed by atoms with Gasteiger partial charge in [-0.2, -0.15) is 5.26 Å². The third-order valence-electron chi connectivity index (χ3n) is 5.22. The average molecular weight is 425 g/mol. The Hall–Kier alpha value is -3.05. The Balaban J connectivity index is 1.66. The van der Waals surface area contributed by atoms with Gasteiger partial charge in [-0.05, 0) is 62.0 Å². The van der Waals surface area contributed by atoms with Gasteiger partial charge in [-0.25, -0.2) is 9.37 Å². The van der Waals surface area contributed by atoms with Gasteiger partial charge in [0.1, 0.15) is 17.4 Å². The van der Waals surface area contributed by atoms with Crippen molar-refractivity contribution in [2.24, 2.45) is 0 Å². The Morgan fingerprint density at radius 3 is 2.87 bits per heavy atom. The van der Waals surface area contributed by atoms with Gasteiger partial charge in [0.05, 0.1) is 22.9 Å². The van der Waals surface area contributed by atoms with E-state index < -0.39 is 5.82 Å². The van der Waals surface area contributed by atoms with Crippen molar-refractivity contribution in [3.05, 3.63) is 58.4 Å². The molecule has 1 aromatic heterocycles. The van der Waals surface area contributed by atoms with Gasteiger partial charge in [0, 0.05) is 11.8 Å². The highest BCUT2D eigenvalue weighted by Gasteiger charge is 2.20. The molecule has 0 unspecified atom stereocenters. The molecule has 1 saturated carbocycles. The highest BCUT2D eigenvalue weighted by molar-refractivity contribution is 8.01. The molecule has 4 rings (SSSR count). The molecule has 0 bridgehead atoms. The summed E-state index contributed by atoms with van der Waals surface area (Å²) in [4.78, 5) is 16.8. The molecule has 0 atom stereocenters. The summed E-state index contributed by atoms with van der Waals surface area (Å²) in [7, 11) is 0. The van der Waals surface area contributed by atoms with E-state index in [2.05, 4.69) is 9.71 Å². The number of hydrogen-bond donors (Lipinski definition) is 1. The van der Waals surface area contributed by atoms with E-state index in [-0.39, 0.29) is 22.6 Å². The van der Waals surface area contributed by atoms with Crippen LogP contribution in [0, 0.1) is 17.1 Å². The maximum absolute atomic E-state index is 14.6. The van der Waals surface area contributed by atoms with E-state index in [1.165, 1.54) is 35.9 Å². The van der Waals surface area contributed by atoms with Crippen molar-refractivity contribution in [3.63, 3.8) is 0 Å². The Morgan fingerprint density at radius 2 is 2.13 bits per heavy atom. The maximum atomic E-state index is 14.6. The molecule has 1 fully saturated rings. The molecule has 1 N–H and O–H groups in total. The zero-order valence-corrected chi connectivity index (χ0v) is 17.3. The molecule has 6 nitrogen and oxygen atoms in total. The van der Waals surface area contributed by atoms with E-state index in [1.807, 2.05) is 13.0 Å². The molecule has 0 radical (unpaired) electrons. The Bertz CT molecular complexity index is 1180. The standard InChI is InChI=1S/C22H21FN4O2S/c1-2-27-13-25-19-9-7-14(11-16(19)22(27)28)29-21-17(12-24)20(10-8-18(21)23)26-30-15-5-3-4-6-15/h7-11,13,15,26H,2-6H2,1H3. The molecule has 1 aliphatic rings. The number of rotatable bonds is 6. The maximum Gasteiger partial charge on any atom is 0.261 e. The lowest BCUT2D eigenvalue weighted by Crippen LogP contribution is -2.19. The van der Waals surface area contributed by atoms with Crippen molar-refractivity contribution in [2.75, 3.05) is 4.72 Å². The van der Waals surface area contributed by atoms with Gasteiger partial charge >= 0.3 is 0 Å². The van der Waals surface area contributed by atoms with Crippen molar-refractivity contribution in [2.45, 2.75) is 44.4 Å². The first-order chi connectivity index (χ1) is 14.6. The van der Waals surface area contributed by atoms with Gasteiger partial charge in [-0.1, -0.05) is 12.8 Å². The molecule has 1 aliphatic carbocycles. The number of aromatic nitrogens is 2. The number of aryl methyl sites for hydroxylation is 1. The van der Waals surface area contributed by atoms with Crippen LogP contribution in [-0.4, -0.2) is 14.8 Å². The third-order valence-corrected chi connectivity index (χ3v) is 6.36. The summed E-state index contributed by atoms with van der Waals surface area (Å²) < 4.78 is 25.0. The van der Waals surface area contributed by atoms with Crippen LogP contribution in [0.25, 0.3) is 10.9 Å². The van der Waals surface area contributed by atoms with Crippen LogP contribution in [-0.2, 0) is 6.54 Å². The van der Waals surface area contributed by atoms with Crippen LogP contribution >= 0.6 is 11.9 Å². The van der Waals surface area contributed by atoms with E-state index in [0.717, 1.165) is 12.8 Å². The fourth-order valence-corrected chi connectivity index (χ4v) is 4.58. The Kier molecular flexibility index (Phi) is 5.91. The number of benzene rings is 2. The second kappa shape index (κ2) is 8.76. The highest BCUT2D eigenvalue weighted by Crippen LogP contribution is 2.36. The van der Waals surface area contributed by atoms with Crippen LogP contribution in [0.5, 0.6) is 11.5 Å². The smallest absolute Gasteiger partial charge is 0.261 e. The van der Waals surface area contributed by atoms with Gasteiger partial charge in [-0.3, -0.25) is 9.36 Å². The average Bonchev–Trinajstić information content (AvgIpc) is 3.28. The largest absolute Gasteiger partial charge is 0.453 e. The zero-order valence-electron chi connectivity index (χ0n) is 16.5. The molecular formula is C22H21FN4O2S. The third kappa shape index (κ3) is 3.98. The van der Waals surface area contributed by atoms with Crippen LogP contribution in [0.15, 0.2) is 41.5 Å². The van der Waals surface area contributed by atoms with E-state index in [0.29, 0.717) is 28.4 Å². The quantitative estimate of drug-likeness (QED) is 0.546. The predicted molar refractivity (Wildman–Crippen MR) is 116 cm³/mol. The number of fused-ring (bicyclic) bond motifs is 1. The van der Waals surface area contributed by atoms with Crippen molar-refractivity contribution in [3.8, 4) is 17.6 Å². The summed E-state index contributed by atoms with van der Waals surface area (Å²) in [5, 5.41) is 10.5. The van der Waals surface area contributed by atoms with Crippen molar-refractivity contribution >= 4 is 28.5 Å². The fraction of sp³-hybridized carbons (Fsp3) is 0.318. The molecule has 0 amide bonds. The van der Waals surface area contributed by atoms with Gasteiger partial charge in [-0.15, -0.1) is 0 Å². The number of ether oxygens (including phenoxy) is 1. The molecule has 1 heterocycles. The number of nitrogens with zero attached hydrogens (tertiary/aromatic N) is 3. The lowest BCUT2D eigenvalue weighted by molar-refractivity contribution is 0.441. The van der Waals surface area contributed by atoms with E-state index in [9.17, 15) is 14.4 Å². The van der Waals surface area contributed by atoms with E-state index in [4.69, 9.17) is 4.74 Å². The van der Waals surface area contributed by atoms with Crippen molar-refractivity contribution < 1.29 is 9.13 Å². The number of hydrogen-bond acceptors (Lipinski definition) is 6. The van der Waals surface area contributed by atoms with E-state index in [1.54, 1.807) is 30.1 Å². The minimum absolute atomic E-state index is 0.0951. The number of anilines is 1. The summed E-state index contributed by atoms with van der Waals surface area (Å²) in [6, 6.07) is 9.66. The molecule has 154 valence electrons. The van der Waals surface area contributed by atoms with Crippen molar-refractivity contribution in [1.29, 1.82) is 5.26 Å². The fourth-order valence-electron chi connectivity index (χ4n) is 3.55. The Morgan fingerprint density at radius 1 is 1.33 bits per heavy atom. The first-order valence-corrected chi connectivity index (χ1v) is 10.8. The molecule has 0 saturated heterocycles. The van der Waals surface area contributed by atoms with Crippen LogP contribution in [0.2, 0.25) is 0 Å². The number of halogens is 1. The molecule has 0 spiro atoms. The minimum atomic E-state index is -0.639. The predicted octanol–water partition coefficient (Wildman–Crippen LogP) is 5.22. The summed E-state index contributed by atoms with van der Waals surface area (Å²) >= 11 is 1.56. The first kappa shape index (κ1) is 20.2. The normalized spacial score (nSPS) is 14.0. The molecule has 2 aromatic carbocycles. The van der Waals surface area contributed by atoms with Crippen LogP contribution in [0.4, 0.5) is 10.1 Å². The molecule has 3 aromatic rings. The molecular weight excluding hydrogens is 403 g/mol. The summed E-state index contributed by atoms with van der Waals surface area (Å²) in [6.07, 6.45) is 6.17.